The van der Waals surface area contributed by atoms with E-state index in [1.54, 1.807) is 7.11 Å². The van der Waals surface area contributed by atoms with Gasteiger partial charge < -0.3 is 14.5 Å². The van der Waals surface area contributed by atoms with Crippen LogP contribution in [0.3, 0.4) is 0 Å². The Bertz CT molecular complexity index is 518. The number of methoxy groups -OCH3 is 1. The van der Waals surface area contributed by atoms with E-state index in [0.29, 0.717) is 0 Å². The molecule has 0 saturated heterocycles. The highest BCUT2D eigenvalue weighted by molar-refractivity contribution is 5.80. The highest BCUT2D eigenvalue weighted by atomic mass is 16.5. The summed E-state index contributed by atoms with van der Waals surface area (Å²) in [5, 5.41) is 4.45. The van der Waals surface area contributed by atoms with E-state index < -0.39 is 0 Å². The molecular weight excluding hydrogens is 226 g/mol. The molecule has 1 N–H and O–H groups in total. The maximum absolute atomic E-state index is 5.98. The number of hydrogen-bond donors (Lipinski definition) is 1. The molecule has 2 aromatic rings. The third-order valence-electron chi connectivity index (χ3n) is 3.42. The van der Waals surface area contributed by atoms with Gasteiger partial charge in [0.2, 0.25) is 0 Å². The van der Waals surface area contributed by atoms with Crippen LogP contribution in [0.2, 0.25) is 0 Å². The molecule has 0 spiro atoms. The Hall–Kier alpha value is -1.32. The summed E-state index contributed by atoms with van der Waals surface area (Å²) in [5.74, 6) is 0.978. The van der Waals surface area contributed by atoms with Crippen LogP contribution < -0.4 is 5.32 Å². The third-order valence-corrected chi connectivity index (χ3v) is 3.42. The topological polar surface area (TPSA) is 34.4 Å². The fourth-order valence-corrected chi connectivity index (χ4v) is 2.20. The molecule has 3 heteroatoms. The van der Waals surface area contributed by atoms with E-state index in [2.05, 4.69) is 43.4 Å². The number of aryl methyl sites for hydroxylation is 1. The summed E-state index contributed by atoms with van der Waals surface area (Å²) < 4.78 is 11.3. The summed E-state index contributed by atoms with van der Waals surface area (Å²) in [6.07, 6.45) is 1.10. The molecule has 0 aliphatic rings. The van der Waals surface area contributed by atoms with Crippen molar-refractivity contribution in [2.24, 2.45) is 0 Å². The molecule has 2 atom stereocenters. The molecule has 18 heavy (non-hydrogen) atoms. The first-order valence-electron chi connectivity index (χ1n) is 6.34. The second kappa shape index (κ2) is 5.55. The zero-order valence-electron chi connectivity index (χ0n) is 11.5. The summed E-state index contributed by atoms with van der Waals surface area (Å²) in [6.45, 7) is 4.14. The van der Waals surface area contributed by atoms with Crippen molar-refractivity contribution in [2.75, 3.05) is 14.2 Å². The Kier molecular flexibility index (Phi) is 4.04. The highest BCUT2D eigenvalue weighted by Gasteiger charge is 2.18. The van der Waals surface area contributed by atoms with Gasteiger partial charge in [-0.05, 0) is 38.9 Å². The summed E-state index contributed by atoms with van der Waals surface area (Å²) in [6, 6.07) is 8.52. The first-order chi connectivity index (χ1) is 8.65. The van der Waals surface area contributed by atoms with Gasteiger partial charge in [-0.3, -0.25) is 0 Å². The van der Waals surface area contributed by atoms with Crippen molar-refractivity contribution in [3.63, 3.8) is 0 Å². The van der Waals surface area contributed by atoms with Crippen LogP contribution in [-0.2, 0) is 4.74 Å². The lowest BCUT2D eigenvalue weighted by molar-refractivity contribution is 0.0988. The number of para-hydroxylation sites is 1. The minimum absolute atomic E-state index is 0.187. The Balaban J connectivity index is 2.31. The van der Waals surface area contributed by atoms with Crippen LogP contribution >= 0.6 is 0 Å². The van der Waals surface area contributed by atoms with Crippen molar-refractivity contribution in [3.8, 4) is 0 Å². The number of rotatable bonds is 5. The first-order valence-corrected chi connectivity index (χ1v) is 6.34. The summed E-state index contributed by atoms with van der Waals surface area (Å²) in [5.41, 5.74) is 2.16. The molecule has 0 aliphatic carbocycles. The number of fused-ring (bicyclic) bond motifs is 1. The third kappa shape index (κ3) is 2.57. The Morgan fingerprint density at radius 3 is 2.78 bits per heavy atom. The number of furan rings is 1. The fourth-order valence-electron chi connectivity index (χ4n) is 2.20. The van der Waals surface area contributed by atoms with E-state index >= 15 is 0 Å². The van der Waals surface area contributed by atoms with Crippen LogP contribution in [-0.4, -0.2) is 20.3 Å². The second-order valence-corrected chi connectivity index (χ2v) is 4.77. The number of hydrogen-bond acceptors (Lipinski definition) is 3. The summed E-state index contributed by atoms with van der Waals surface area (Å²) >= 11 is 0. The van der Waals surface area contributed by atoms with Crippen molar-refractivity contribution in [1.29, 1.82) is 0 Å². The average molecular weight is 247 g/mol. The van der Waals surface area contributed by atoms with Gasteiger partial charge in [0, 0.05) is 12.5 Å². The lowest BCUT2D eigenvalue weighted by atomic mass is 10.1. The van der Waals surface area contributed by atoms with Crippen LogP contribution in [0.5, 0.6) is 0 Å². The van der Waals surface area contributed by atoms with Gasteiger partial charge in [-0.1, -0.05) is 18.2 Å². The van der Waals surface area contributed by atoms with E-state index in [1.807, 2.05) is 7.05 Å². The first kappa shape index (κ1) is 13.1. The standard InChI is InChI=1S/C15H21NO2/c1-10-6-5-7-12-9-14(18-15(10)12)13(16-3)8-11(2)17-4/h5-7,9,11,13,16H,8H2,1-4H3. The van der Waals surface area contributed by atoms with Crippen LogP contribution in [0.15, 0.2) is 28.7 Å². The normalized spacial score (nSPS) is 14.9. The molecule has 98 valence electrons. The van der Waals surface area contributed by atoms with Crippen molar-refractivity contribution in [3.05, 3.63) is 35.6 Å². The van der Waals surface area contributed by atoms with Crippen LogP contribution in [0, 0.1) is 6.92 Å². The quantitative estimate of drug-likeness (QED) is 0.879. The van der Waals surface area contributed by atoms with Gasteiger partial charge in [-0.2, -0.15) is 0 Å². The van der Waals surface area contributed by atoms with E-state index in [4.69, 9.17) is 9.15 Å². The number of nitrogens with one attached hydrogen (secondary N) is 1. The summed E-state index contributed by atoms with van der Waals surface area (Å²) in [4.78, 5) is 0. The predicted octanol–water partition coefficient (Wildman–Crippen LogP) is 3.43. The molecule has 1 aromatic carbocycles. The molecule has 1 aromatic heterocycles. The Labute approximate surface area is 108 Å². The van der Waals surface area contributed by atoms with Gasteiger partial charge in [0.05, 0.1) is 12.1 Å². The van der Waals surface area contributed by atoms with Gasteiger partial charge in [-0.25, -0.2) is 0 Å². The van der Waals surface area contributed by atoms with Gasteiger partial charge in [0.25, 0.3) is 0 Å². The summed E-state index contributed by atoms with van der Waals surface area (Å²) in [7, 11) is 3.69. The van der Waals surface area contributed by atoms with Crippen LogP contribution in [0.1, 0.15) is 30.7 Å². The van der Waals surface area contributed by atoms with Crippen molar-refractivity contribution < 1.29 is 9.15 Å². The lowest BCUT2D eigenvalue weighted by Crippen LogP contribution is -2.21. The van der Waals surface area contributed by atoms with Crippen molar-refractivity contribution in [1.82, 2.24) is 5.32 Å². The molecule has 2 unspecified atom stereocenters. The fraction of sp³-hybridized carbons (Fsp3) is 0.467. The SMILES string of the molecule is CNC(CC(C)OC)c1cc2cccc(C)c2o1. The Morgan fingerprint density at radius 1 is 1.39 bits per heavy atom. The lowest BCUT2D eigenvalue weighted by Gasteiger charge is -2.17. The zero-order valence-corrected chi connectivity index (χ0v) is 11.5. The number of ether oxygens (including phenoxy) is 1. The van der Waals surface area contributed by atoms with E-state index in [0.717, 1.165) is 23.2 Å². The van der Waals surface area contributed by atoms with Crippen molar-refractivity contribution in [2.45, 2.75) is 32.4 Å². The van der Waals surface area contributed by atoms with Crippen LogP contribution in [0.4, 0.5) is 0 Å². The minimum Gasteiger partial charge on any atom is -0.459 e. The van der Waals surface area contributed by atoms with Crippen LogP contribution in [0.25, 0.3) is 11.0 Å². The number of benzene rings is 1. The van der Waals surface area contributed by atoms with Gasteiger partial charge in [-0.15, -0.1) is 0 Å². The minimum atomic E-state index is 0.187. The molecule has 1 heterocycles. The molecule has 0 amide bonds. The molecule has 0 aliphatic heterocycles. The predicted molar refractivity (Wildman–Crippen MR) is 73.8 cm³/mol. The molecule has 0 saturated carbocycles. The van der Waals surface area contributed by atoms with Crippen molar-refractivity contribution >= 4 is 11.0 Å². The molecule has 0 fully saturated rings. The largest absolute Gasteiger partial charge is 0.459 e. The molecular formula is C15H21NO2. The van der Waals surface area contributed by atoms with E-state index in [-0.39, 0.29) is 12.1 Å². The van der Waals surface area contributed by atoms with Gasteiger partial charge in [0.15, 0.2) is 0 Å². The highest BCUT2D eigenvalue weighted by Crippen LogP contribution is 2.28. The monoisotopic (exact) mass is 247 g/mol. The molecule has 2 rings (SSSR count). The van der Waals surface area contributed by atoms with Gasteiger partial charge >= 0.3 is 0 Å². The average Bonchev–Trinajstić information content (AvgIpc) is 2.80. The molecule has 3 nitrogen and oxygen atoms in total. The maximum Gasteiger partial charge on any atom is 0.137 e. The smallest absolute Gasteiger partial charge is 0.137 e. The molecule has 0 bridgehead atoms. The zero-order chi connectivity index (χ0) is 13.1. The molecule has 0 radical (unpaired) electrons. The van der Waals surface area contributed by atoms with E-state index in [9.17, 15) is 0 Å². The van der Waals surface area contributed by atoms with E-state index in [1.165, 1.54) is 5.56 Å². The maximum atomic E-state index is 5.98. The van der Waals surface area contributed by atoms with Gasteiger partial charge in [0.1, 0.15) is 11.3 Å². The Morgan fingerprint density at radius 2 is 2.17 bits per heavy atom. The second-order valence-electron chi connectivity index (χ2n) is 4.77.